The van der Waals surface area contributed by atoms with Crippen LogP contribution in [0, 0.1) is 3.57 Å². The number of H-pyrrole nitrogens is 1. The molecule has 0 aliphatic carbocycles. The number of aromatic amines is 1. The summed E-state index contributed by atoms with van der Waals surface area (Å²) in [5, 5.41) is 13.0. The summed E-state index contributed by atoms with van der Waals surface area (Å²) in [5.74, 6) is -1.04. The quantitative estimate of drug-likeness (QED) is 0.622. The van der Waals surface area contributed by atoms with Gasteiger partial charge in [0, 0.05) is 21.6 Å². The van der Waals surface area contributed by atoms with Gasteiger partial charge >= 0.3 is 0 Å². The van der Waals surface area contributed by atoms with Crippen molar-refractivity contribution in [3.8, 4) is 0 Å². The zero-order chi connectivity index (χ0) is 15.1. The van der Waals surface area contributed by atoms with Crippen molar-refractivity contribution in [2.24, 2.45) is 0 Å². The Kier molecular flexibility index (Phi) is 4.32. The van der Waals surface area contributed by atoms with Crippen molar-refractivity contribution in [1.29, 1.82) is 0 Å². The Morgan fingerprint density at radius 3 is 2.65 bits per heavy atom. The third-order valence-electron chi connectivity index (χ3n) is 3.41. The Labute approximate surface area is 136 Å². The molecule has 20 heavy (non-hydrogen) atoms. The van der Waals surface area contributed by atoms with Crippen LogP contribution in [-0.2, 0) is 11.2 Å². The summed E-state index contributed by atoms with van der Waals surface area (Å²) in [5.41, 5.74) is 1.79. The maximum atomic E-state index is 11.4. The number of hydrogen-bond acceptors (Lipinski definition) is 2. The average Bonchev–Trinajstić information content (AvgIpc) is 2.67. The molecule has 1 atom stereocenters. The summed E-state index contributed by atoms with van der Waals surface area (Å²) in [4.78, 5) is 14.5. The maximum Gasteiger partial charge on any atom is 0.133 e. The van der Waals surface area contributed by atoms with E-state index >= 15 is 0 Å². The lowest BCUT2D eigenvalue weighted by molar-refractivity contribution is -0.889. The number of likely N-dealkylation sites (N-methyl/N-ethyl adjacent to an activating group) is 1. The molecule has 1 heterocycles. The number of nitrogens with one attached hydrogen (secondary N) is 1. The lowest BCUT2D eigenvalue weighted by Gasteiger charge is -2.34. The number of fused-ring (bicyclic) bond motifs is 1. The molecule has 4 nitrogen and oxygen atoms in total. The van der Waals surface area contributed by atoms with E-state index in [2.05, 4.69) is 27.6 Å². The van der Waals surface area contributed by atoms with E-state index in [1.54, 1.807) is 0 Å². The van der Waals surface area contributed by atoms with Crippen molar-refractivity contribution in [2.45, 2.75) is 12.5 Å². The number of halogens is 2. The van der Waals surface area contributed by atoms with Crippen LogP contribution in [0.2, 0.25) is 5.02 Å². The van der Waals surface area contributed by atoms with Gasteiger partial charge in [-0.05, 0) is 40.3 Å². The first kappa shape index (κ1) is 15.6. The number of aromatic nitrogens is 1. The molecule has 1 aromatic carbocycles. The molecule has 0 bridgehead atoms. The molecule has 2 rings (SSSR count). The van der Waals surface area contributed by atoms with Crippen molar-refractivity contribution in [3.63, 3.8) is 0 Å². The van der Waals surface area contributed by atoms with Gasteiger partial charge in [-0.3, -0.25) is 0 Å². The fourth-order valence-electron chi connectivity index (χ4n) is 2.26. The van der Waals surface area contributed by atoms with Crippen LogP contribution in [0.1, 0.15) is 5.56 Å². The van der Waals surface area contributed by atoms with Crippen LogP contribution in [0.4, 0.5) is 0 Å². The number of carboxylic acids is 1. The molecule has 0 spiro atoms. The zero-order valence-electron chi connectivity index (χ0n) is 11.5. The first-order valence-corrected chi connectivity index (χ1v) is 7.63. The number of carboxylic acid groups (broad SMARTS) is 1. The number of carbonyl (C=O) groups excluding carboxylic acids is 1. The van der Waals surface area contributed by atoms with Crippen molar-refractivity contribution < 1.29 is 14.4 Å². The van der Waals surface area contributed by atoms with E-state index in [1.165, 1.54) is 0 Å². The minimum Gasteiger partial charge on any atom is -0.544 e. The number of nitrogens with zero attached hydrogens (tertiary/aromatic N) is 1. The molecule has 108 valence electrons. The number of carbonyl (C=O) groups is 1. The van der Waals surface area contributed by atoms with Crippen LogP contribution in [0.5, 0.6) is 0 Å². The van der Waals surface area contributed by atoms with Gasteiger partial charge in [0.15, 0.2) is 0 Å². The fraction of sp³-hybridized carbons (Fsp3) is 0.357. The van der Waals surface area contributed by atoms with Crippen LogP contribution >= 0.6 is 34.2 Å². The number of rotatable bonds is 4. The van der Waals surface area contributed by atoms with E-state index in [0.717, 1.165) is 20.0 Å². The summed E-state index contributed by atoms with van der Waals surface area (Å²) < 4.78 is 1.34. The zero-order valence-corrected chi connectivity index (χ0v) is 14.4. The number of quaternary nitrogens is 1. The first-order chi connectivity index (χ1) is 9.20. The van der Waals surface area contributed by atoms with E-state index < -0.39 is 12.0 Å². The Balaban J connectivity index is 2.46. The van der Waals surface area contributed by atoms with E-state index in [-0.39, 0.29) is 0 Å². The average molecular weight is 407 g/mol. The number of benzene rings is 1. The molecule has 0 amide bonds. The van der Waals surface area contributed by atoms with Gasteiger partial charge in [-0.25, -0.2) is 0 Å². The molecule has 0 aliphatic heterocycles. The molecular formula is C14H16ClIN2O2. The van der Waals surface area contributed by atoms with Crippen LogP contribution < -0.4 is 5.11 Å². The largest absolute Gasteiger partial charge is 0.544 e. The highest BCUT2D eigenvalue weighted by molar-refractivity contribution is 14.1. The first-order valence-electron chi connectivity index (χ1n) is 6.17. The third kappa shape index (κ3) is 3.10. The number of aliphatic carboxylic acids is 1. The summed E-state index contributed by atoms with van der Waals surface area (Å²) in [6.45, 7) is 0. The van der Waals surface area contributed by atoms with E-state index in [4.69, 9.17) is 11.6 Å². The molecule has 0 saturated heterocycles. The van der Waals surface area contributed by atoms with Gasteiger partial charge in [0.05, 0.1) is 37.7 Å². The SMILES string of the molecule is C[N+](C)(C)[C@@H](Cc1c[nH]c2c(Cl)cc(I)cc12)C(=O)[O-]. The molecule has 0 fully saturated rings. The van der Waals surface area contributed by atoms with E-state index in [9.17, 15) is 9.90 Å². The molecule has 6 heteroatoms. The minimum atomic E-state index is -1.04. The Morgan fingerprint density at radius 1 is 1.45 bits per heavy atom. The van der Waals surface area contributed by atoms with Crippen LogP contribution in [0.25, 0.3) is 10.9 Å². The van der Waals surface area contributed by atoms with Crippen LogP contribution in [0.15, 0.2) is 18.3 Å². The monoisotopic (exact) mass is 406 g/mol. The predicted molar refractivity (Wildman–Crippen MR) is 86.6 cm³/mol. The lowest BCUT2D eigenvalue weighted by atomic mass is 10.0. The summed E-state index contributed by atoms with van der Waals surface area (Å²) >= 11 is 8.40. The van der Waals surface area contributed by atoms with Gasteiger partial charge in [0.2, 0.25) is 0 Å². The van der Waals surface area contributed by atoms with Crippen molar-refractivity contribution in [3.05, 3.63) is 32.5 Å². The predicted octanol–water partition coefficient (Wildman–Crippen LogP) is 1.79. The normalized spacial score (nSPS) is 13.7. The second kappa shape index (κ2) is 5.54. The van der Waals surface area contributed by atoms with Gasteiger partial charge in [0.25, 0.3) is 0 Å². The topological polar surface area (TPSA) is 55.9 Å². The van der Waals surface area contributed by atoms with Gasteiger partial charge in [-0.15, -0.1) is 0 Å². The van der Waals surface area contributed by atoms with E-state index in [1.807, 2.05) is 39.5 Å². The Morgan fingerprint density at radius 2 is 2.10 bits per heavy atom. The van der Waals surface area contributed by atoms with Gasteiger partial charge in [0.1, 0.15) is 6.04 Å². The molecule has 0 saturated carbocycles. The standard InChI is InChI=1S/C14H16ClIN2O2/c1-18(2,3)12(14(19)20)4-8-7-17-13-10(8)5-9(16)6-11(13)15/h5-7,12,17H,4H2,1-3H3/t12-/m0/s1. The second-order valence-corrected chi connectivity index (χ2v) is 7.43. The number of hydrogen-bond donors (Lipinski definition) is 1. The summed E-state index contributed by atoms with van der Waals surface area (Å²) in [7, 11) is 5.56. The Bertz CT molecular complexity index is 661. The second-order valence-electron chi connectivity index (χ2n) is 5.78. The maximum absolute atomic E-state index is 11.4. The van der Waals surface area contributed by atoms with Crippen molar-refractivity contribution in [1.82, 2.24) is 4.98 Å². The third-order valence-corrected chi connectivity index (χ3v) is 4.33. The molecule has 2 aromatic rings. The van der Waals surface area contributed by atoms with Crippen molar-refractivity contribution >= 4 is 51.1 Å². The molecule has 0 radical (unpaired) electrons. The summed E-state index contributed by atoms with van der Waals surface area (Å²) in [6.07, 6.45) is 2.24. The molecule has 1 aromatic heterocycles. The smallest absolute Gasteiger partial charge is 0.133 e. The molecule has 0 aliphatic rings. The highest BCUT2D eigenvalue weighted by atomic mass is 127. The Hall–Kier alpha value is -0.790. The van der Waals surface area contributed by atoms with Crippen LogP contribution in [0.3, 0.4) is 0 Å². The lowest BCUT2D eigenvalue weighted by Crippen LogP contribution is -2.55. The highest BCUT2D eigenvalue weighted by Gasteiger charge is 2.26. The van der Waals surface area contributed by atoms with Crippen molar-refractivity contribution in [2.75, 3.05) is 21.1 Å². The van der Waals surface area contributed by atoms with E-state index in [0.29, 0.717) is 15.9 Å². The molecule has 0 unspecified atom stereocenters. The minimum absolute atomic E-state index is 0.312. The summed E-state index contributed by atoms with van der Waals surface area (Å²) in [6, 6.07) is 3.28. The van der Waals surface area contributed by atoms with Crippen LogP contribution in [-0.4, -0.2) is 42.6 Å². The van der Waals surface area contributed by atoms with Gasteiger partial charge in [-0.2, -0.15) is 0 Å². The molecule has 1 N–H and O–H groups in total. The van der Waals surface area contributed by atoms with Gasteiger partial charge < -0.3 is 19.4 Å². The fourth-order valence-corrected chi connectivity index (χ4v) is 3.34. The molecular weight excluding hydrogens is 391 g/mol. The van der Waals surface area contributed by atoms with Gasteiger partial charge in [-0.1, -0.05) is 11.6 Å². The highest BCUT2D eigenvalue weighted by Crippen LogP contribution is 2.29.